The number of halogens is 2. The molecule has 1 atom stereocenters. The third kappa shape index (κ3) is 8.12. The maximum absolute atomic E-state index is 15.8. The highest BCUT2D eigenvalue weighted by molar-refractivity contribution is 6.04. The fourth-order valence-corrected chi connectivity index (χ4v) is 7.21. The van der Waals surface area contributed by atoms with Crippen molar-refractivity contribution in [2.45, 2.75) is 44.8 Å². The van der Waals surface area contributed by atoms with Crippen LogP contribution in [-0.2, 0) is 16.1 Å². The summed E-state index contributed by atoms with van der Waals surface area (Å²) >= 11 is 0. The first kappa shape index (κ1) is 36.0. The molecular weight excluding hydrogens is 706 g/mol. The number of amides is 2. The molecule has 11 nitrogen and oxygen atoms in total. The first-order valence-electron chi connectivity index (χ1n) is 18.5. The van der Waals surface area contributed by atoms with Gasteiger partial charge >= 0.3 is 0 Å². The molecule has 0 bridgehead atoms. The fraction of sp³-hybridized carbons (Fsp3) is 0.310. The second-order valence-corrected chi connectivity index (χ2v) is 14.5. The number of nitrogens with one attached hydrogen (secondary N) is 1. The Balaban J connectivity index is 0.961. The zero-order valence-corrected chi connectivity index (χ0v) is 30.0. The van der Waals surface area contributed by atoms with E-state index in [1.165, 1.54) is 30.5 Å². The minimum atomic E-state index is -0.717. The summed E-state index contributed by atoms with van der Waals surface area (Å²) in [6.45, 7) is 3.51. The van der Waals surface area contributed by atoms with E-state index >= 15 is 4.39 Å². The molecule has 0 unspecified atom stereocenters. The summed E-state index contributed by atoms with van der Waals surface area (Å²) in [5, 5.41) is 2.65. The van der Waals surface area contributed by atoms with Gasteiger partial charge in [0.15, 0.2) is 6.10 Å². The summed E-state index contributed by atoms with van der Waals surface area (Å²) in [5.74, 6) is -0.318. The molecule has 5 aromatic rings. The molecule has 1 aliphatic carbocycles. The normalized spacial score (nSPS) is 17.4. The minimum Gasteiger partial charge on any atom is -0.481 e. The maximum Gasteiger partial charge on any atom is 0.263 e. The number of nitrogens with two attached hydrogens (primary N) is 1. The summed E-state index contributed by atoms with van der Waals surface area (Å²) in [6.07, 6.45) is 9.87. The average Bonchev–Trinajstić information content (AvgIpc) is 3.95. The van der Waals surface area contributed by atoms with Gasteiger partial charge < -0.3 is 30.0 Å². The number of nitrogen functional groups attached to an aromatic ring is 1. The van der Waals surface area contributed by atoms with E-state index in [0.717, 1.165) is 63.3 Å². The number of anilines is 2. The van der Waals surface area contributed by atoms with Gasteiger partial charge in [0, 0.05) is 80.2 Å². The Bertz CT molecular complexity index is 2290. The Kier molecular flexibility index (Phi) is 10.1. The van der Waals surface area contributed by atoms with Crippen molar-refractivity contribution in [1.82, 2.24) is 19.4 Å². The number of carbonyl (C=O) groups is 2. The first-order valence-corrected chi connectivity index (χ1v) is 18.5. The van der Waals surface area contributed by atoms with Crippen LogP contribution in [0.5, 0.6) is 5.75 Å². The van der Waals surface area contributed by atoms with Crippen LogP contribution in [0.15, 0.2) is 90.2 Å². The molecule has 8 rings (SSSR count). The SMILES string of the molecule is Nc1ncc(-c2ccc(O[C@@H]3CCN(CC4CCOCC4)C3=O)cc2)cc1-c1ccc(NC(=O)c2cn(CC3CC3)cc(-c3ccc(F)cn3)c2=O)cc1F. The molecule has 3 aliphatic rings. The van der Waals surface area contributed by atoms with Crippen LogP contribution < -0.4 is 21.2 Å². The molecule has 0 radical (unpaired) electrons. The Morgan fingerprint density at radius 2 is 1.62 bits per heavy atom. The van der Waals surface area contributed by atoms with Crippen molar-refractivity contribution in [3.05, 3.63) is 113 Å². The molecular formula is C42H40F2N6O5. The fourth-order valence-electron chi connectivity index (χ4n) is 7.21. The zero-order chi connectivity index (χ0) is 38.1. The van der Waals surface area contributed by atoms with Gasteiger partial charge in [0.05, 0.1) is 17.5 Å². The van der Waals surface area contributed by atoms with Crippen LogP contribution in [0.1, 0.15) is 42.5 Å². The van der Waals surface area contributed by atoms with Crippen LogP contribution in [0.25, 0.3) is 33.5 Å². The number of ether oxygens (including phenoxy) is 2. The second-order valence-electron chi connectivity index (χ2n) is 14.5. The molecule has 282 valence electrons. The highest BCUT2D eigenvalue weighted by atomic mass is 19.1. The highest BCUT2D eigenvalue weighted by Crippen LogP contribution is 2.34. The molecule has 3 N–H and O–H groups in total. The molecule has 3 aromatic heterocycles. The van der Waals surface area contributed by atoms with Gasteiger partial charge in [-0.05, 0) is 91.6 Å². The molecule has 2 aromatic carbocycles. The third-order valence-corrected chi connectivity index (χ3v) is 10.5. The minimum absolute atomic E-state index is 0.0105. The molecule has 55 heavy (non-hydrogen) atoms. The number of rotatable bonds is 11. The van der Waals surface area contributed by atoms with E-state index in [1.54, 1.807) is 35.2 Å². The number of carbonyl (C=O) groups excluding carboxylic acids is 2. The smallest absolute Gasteiger partial charge is 0.263 e. The number of hydrogen-bond donors (Lipinski definition) is 2. The van der Waals surface area contributed by atoms with Crippen LogP contribution in [0.3, 0.4) is 0 Å². The number of benzene rings is 2. The maximum atomic E-state index is 15.8. The molecule has 2 saturated heterocycles. The lowest BCUT2D eigenvalue weighted by molar-refractivity contribution is -0.134. The van der Waals surface area contributed by atoms with Gasteiger partial charge in [0.25, 0.3) is 11.8 Å². The van der Waals surface area contributed by atoms with Gasteiger partial charge in [0.2, 0.25) is 5.43 Å². The summed E-state index contributed by atoms with van der Waals surface area (Å²) in [7, 11) is 0. The van der Waals surface area contributed by atoms with Crippen LogP contribution in [0.2, 0.25) is 0 Å². The van der Waals surface area contributed by atoms with Gasteiger partial charge in [0.1, 0.15) is 28.8 Å². The van der Waals surface area contributed by atoms with Crippen molar-refractivity contribution in [3.8, 4) is 39.3 Å². The summed E-state index contributed by atoms with van der Waals surface area (Å²) in [6, 6.07) is 15.8. The van der Waals surface area contributed by atoms with E-state index in [2.05, 4.69) is 15.3 Å². The first-order chi connectivity index (χ1) is 26.7. The topological polar surface area (TPSA) is 142 Å². The van der Waals surface area contributed by atoms with E-state index in [4.69, 9.17) is 15.2 Å². The Labute approximate surface area is 316 Å². The van der Waals surface area contributed by atoms with E-state index in [9.17, 15) is 18.8 Å². The van der Waals surface area contributed by atoms with Gasteiger partial charge in [-0.15, -0.1) is 0 Å². The Morgan fingerprint density at radius 3 is 2.35 bits per heavy atom. The molecule has 2 amide bonds. The highest BCUT2D eigenvalue weighted by Gasteiger charge is 2.35. The monoisotopic (exact) mass is 746 g/mol. The van der Waals surface area contributed by atoms with Crippen molar-refractivity contribution < 1.29 is 27.8 Å². The molecule has 1 saturated carbocycles. The molecule has 5 heterocycles. The van der Waals surface area contributed by atoms with Crippen molar-refractivity contribution in [1.29, 1.82) is 0 Å². The summed E-state index contributed by atoms with van der Waals surface area (Å²) in [4.78, 5) is 50.3. The van der Waals surface area contributed by atoms with Gasteiger partial charge in [-0.25, -0.2) is 13.8 Å². The third-order valence-electron chi connectivity index (χ3n) is 10.5. The van der Waals surface area contributed by atoms with Crippen LogP contribution in [-0.4, -0.2) is 63.7 Å². The van der Waals surface area contributed by atoms with Crippen LogP contribution in [0.4, 0.5) is 20.3 Å². The van der Waals surface area contributed by atoms with Gasteiger partial charge in [-0.1, -0.05) is 12.1 Å². The standard InChI is InChI=1S/C42H40F2N6O5/c43-29-5-10-37(46-20-29)34-23-49(21-25-1-2-25)24-35(39(34)51)41(52)48-30-6-9-32(36(44)18-30)33-17-28(19-47-40(33)45)27-3-7-31(8-4-27)55-38-11-14-50(42(38)53)22-26-12-15-54-16-13-26/h3-10,17-20,23-26,38H,1-2,11-16,21-22H2,(H2,45,47)(H,48,52)/t38-/m1/s1. The summed E-state index contributed by atoms with van der Waals surface area (Å²) < 4.78 is 42.6. The van der Waals surface area contributed by atoms with Crippen molar-refractivity contribution in [3.63, 3.8) is 0 Å². The molecule has 0 spiro atoms. The number of likely N-dealkylation sites (tertiary alicyclic amines) is 1. The number of pyridine rings is 3. The predicted molar refractivity (Wildman–Crippen MR) is 203 cm³/mol. The number of hydrogen-bond acceptors (Lipinski definition) is 8. The zero-order valence-electron chi connectivity index (χ0n) is 30.0. The van der Waals surface area contributed by atoms with Crippen molar-refractivity contribution in [2.24, 2.45) is 11.8 Å². The van der Waals surface area contributed by atoms with Crippen LogP contribution in [0, 0.1) is 23.5 Å². The lowest BCUT2D eigenvalue weighted by Gasteiger charge is -2.27. The lowest BCUT2D eigenvalue weighted by Crippen LogP contribution is -2.37. The molecule has 3 fully saturated rings. The quantitative estimate of drug-likeness (QED) is 0.155. The van der Waals surface area contributed by atoms with Gasteiger partial charge in [-0.3, -0.25) is 19.4 Å². The Hall–Kier alpha value is -5.95. The largest absolute Gasteiger partial charge is 0.481 e. The van der Waals surface area contributed by atoms with E-state index < -0.39 is 29.1 Å². The lowest BCUT2D eigenvalue weighted by atomic mass is 10.00. The Morgan fingerprint density at radius 1 is 0.836 bits per heavy atom. The van der Waals surface area contributed by atoms with E-state index in [0.29, 0.717) is 48.2 Å². The van der Waals surface area contributed by atoms with E-state index in [1.807, 2.05) is 17.0 Å². The molecule has 2 aliphatic heterocycles. The predicted octanol–water partition coefficient (Wildman–Crippen LogP) is 6.57. The van der Waals surface area contributed by atoms with Crippen molar-refractivity contribution in [2.75, 3.05) is 37.4 Å². The van der Waals surface area contributed by atoms with Gasteiger partial charge in [-0.2, -0.15) is 0 Å². The second kappa shape index (κ2) is 15.4. The number of aromatic nitrogens is 3. The molecule has 13 heteroatoms. The van der Waals surface area contributed by atoms with Crippen molar-refractivity contribution >= 4 is 23.3 Å². The summed E-state index contributed by atoms with van der Waals surface area (Å²) in [5.41, 5.74) is 8.05. The number of nitrogens with zero attached hydrogens (tertiary/aromatic N) is 4. The van der Waals surface area contributed by atoms with E-state index in [-0.39, 0.29) is 39.8 Å². The average molecular weight is 747 g/mol. The van der Waals surface area contributed by atoms with Crippen LogP contribution >= 0.6 is 0 Å².